The van der Waals surface area contributed by atoms with Crippen LogP contribution in [0.3, 0.4) is 0 Å². The molecule has 0 unspecified atom stereocenters. The van der Waals surface area contributed by atoms with Gasteiger partial charge in [-0.2, -0.15) is 0 Å². The van der Waals surface area contributed by atoms with Gasteiger partial charge in [0.15, 0.2) is 5.82 Å². The molecule has 1 amide bonds. The minimum atomic E-state index is -1.28. The summed E-state index contributed by atoms with van der Waals surface area (Å²) in [6.45, 7) is 22.5. The van der Waals surface area contributed by atoms with Gasteiger partial charge in [0, 0.05) is 54.1 Å². The molecular formula is C43H64N6O5Si2. The molecule has 0 spiro atoms. The van der Waals surface area contributed by atoms with Crippen LogP contribution in [0.15, 0.2) is 59.8 Å². The minimum Gasteiger partial charge on any atom is -0.444 e. The summed E-state index contributed by atoms with van der Waals surface area (Å²) >= 11 is 0. The van der Waals surface area contributed by atoms with Gasteiger partial charge in [-0.1, -0.05) is 76.4 Å². The number of likely N-dealkylation sites (tertiary alicyclic amines) is 1. The molecule has 2 aliphatic rings. The van der Waals surface area contributed by atoms with E-state index in [0.717, 1.165) is 59.7 Å². The van der Waals surface area contributed by atoms with Crippen molar-refractivity contribution < 1.29 is 19.0 Å². The van der Waals surface area contributed by atoms with Crippen molar-refractivity contribution in [1.29, 1.82) is 0 Å². The van der Waals surface area contributed by atoms with Gasteiger partial charge in [0.05, 0.1) is 24.1 Å². The molecule has 1 saturated heterocycles. The van der Waals surface area contributed by atoms with Crippen molar-refractivity contribution in [3.8, 4) is 28.2 Å². The number of imidazole rings is 2. The summed E-state index contributed by atoms with van der Waals surface area (Å²) in [6, 6.07) is 13.9. The lowest BCUT2D eigenvalue weighted by atomic mass is 10.0. The lowest BCUT2D eigenvalue weighted by Crippen LogP contribution is -2.37. The van der Waals surface area contributed by atoms with E-state index in [1.807, 2.05) is 43.8 Å². The number of rotatable bonds is 15. The van der Waals surface area contributed by atoms with Gasteiger partial charge in [0.2, 0.25) is 0 Å². The summed E-state index contributed by atoms with van der Waals surface area (Å²) < 4.78 is 24.0. The highest BCUT2D eigenvalue weighted by Crippen LogP contribution is 2.37. The van der Waals surface area contributed by atoms with Crippen molar-refractivity contribution in [3.63, 3.8) is 0 Å². The van der Waals surface area contributed by atoms with E-state index in [1.165, 1.54) is 25.7 Å². The van der Waals surface area contributed by atoms with Gasteiger partial charge in [-0.3, -0.25) is 14.3 Å². The Hall–Kier alpha value is -3.79. The number of benzene rings is 1. The van der Waals surface area contributed by atoms with Crippen molar-refractivity contribution in [2.45, 2.75) is 142 Å². The van der Waals surface area contributed by atoms with E-state index in [4.69, 9.17) is 24.2 Å². The Kier molecular flexibility index (Phi) is 13.0. The van der Waals surface area contributed by atoms with Crippen LogP contribution in [0, 0.1) is 0 Å². The highest BCUT2D eigenvalue weighted by molar-refractivity contribution is 6.76. The Morgan fingerprint density at radius 3 is 2.09 bits per heavy atom. The summed E-state index contributed by atoms with van der Waals surface area (Å²) in [5, 5.41) is 0. The van der Waals surface area contributed by atoms with Crippen LogP contribution in [-0.2, 0) is 27.7 Å². The van der Waals surface area contributed by atoms with Crippen LogP contribution < -0.4 is 5.56 Å². The molecule has 3 aromatic heterocycles. The zero-order valence-corrected chi connectivity index (χ0v) is 37.3. The van der Waals surface area contributed by atoms with Gasteiger partial charge < -0.3 is 23.3 Å². The van der Waals surface area contributed by atoms with Crippen LogP contribution in [0.25, 0.3) is 28.2 Å². The van der Waals surface area contributed by atoms with Crippen molar-refractivity contribution in [1.82, 2.24) is 28.6 Å². The molecule has 1 aliphatic heterocycles. The maximum Gasteiger partial charge on any atom is 0.410 e. The standard InChI is InChI=1S/C43H64N6O5Si2/c1-43(2,3)54-42(51)47-21-12-15-36(47)41-45-38(29-46(41)30-52-23-25-55(4,5)6)48-22-20-35(27-39(48)50)32-16-18-33(19-17-32)37-28-44-40(34-13-10-11-14-34)49(37)31-53-24-26-56(7,8)9/h16-20,22,27-29,34,36H,10-15,21,23-26,30-31H2,1-9H3/t36-/m1/s1. The average Bonchev–Trinajstić information content (AvgIpc) is 3.94. The third-order valence-corrected chi connectivity index (χ3v) is 14.1. The van der Waals surface area contributed by atoms with Crippen LogP contribution in [0.4, 0.5) is 4.79 Å². The number of nitrogens with zero attached hydrogens (tertiary/aromatic N) is 6. The fraction of sp³-hybridized carbons (Fsp3) is 0.581. The maximum atomic E-state index is 13.8. The molecule has 13 heteroatoms. The van der Waals surface area contributed by atoms with Crippen LogP contribution in [-0.4, -0.2) is 76.2 Å². The predicted molar refractivity (Wildman–Crippen MR) is 229 cm³/mol. The fourth-order valence-corrected chi connectivity index (χ4v) is 9.01. The molecule has 0 bridgehead atoms. The molecule has 11 nitrogen and oxygen atoms in total. The van der Waals surface area contributed by atoms with E-state index in [9.17, 15) is 9.59 Å². The van der Waals surface area contributed by atoms with Crippen molar-refractivity contribution in [2.75, 3.05) is 19.8 Å². The van der Waals surface area contributed by atoms with E-state index >= 15 is 0 Å². The third-order valence-electron chi connectivity index (χ3n) is 10.7. The van der Waals surface area contributed by atoms with E-state index < -0.39 is 21.7 Å². The molecule has 0 radical (unpaired) electrons. The second-order valence-electron chi connectivity index (χ2n) is 19.1. The Morgan fingerprint density at radius 2 is 1.46 bits per heavy atom. The van der Waals surface area contributed by atoms with Crippen molar-refractivity contribution in [2.24, 2.45) is 0 Å². The molecule has 0 N–H and O–H groups in total. The number of hydrogen-bond donors (Lipinski definition) is 0. The SMILES string of the molecule is CC(C)(C)OC(=O)N1CCC[C@@H]1c1nc(-n2ccc(-c3ccc(-c4cnc(C5CCCC5)n4COCC[Si](C)(C)C)cc3)cc2=O)cn1COCC[Si](C)(C)C. The molecule has 1 aliphatic carbocycles. The van der Waals surface area contributed by atoms with Gasteiger partial charge in [0.1, 0.15) is 30.7 Å². The molecule has 1 saturated carbocycles. The number of ether oxygens (including phenoxy) is 3. The minimum absolute atomic E-state index is 0.187. The van der Waals surface area contributed by atoms with E-state index in [0.29, 0.717) is 37.4 Å². The van der Waals surface area contributed by atoms with Gasteiger partial charge >= 0.3 is 6.09 Å². The van der Waals surface area contributed by atoms with E-state index in [1.54, 1.807) is 21.7 Å². The Balaban J connectivity index is 1.23. The van der Waals surface area contributed by atoms with Gasteiger partial charge in [-0.15, -0.1) is 0 Å². The second kappa shape index (κ2) is 17.4. The Morgan fingerprint density at radius 1 is 0.821 bits per heavy atom. The van der Waals surface area contributed by atoms with Crippen LogP contribution in [0.5, 0.6) is 0 Å². The molecule has 56 heavy (non-hydrogen) atoms. The maximum absolute atomic E-state index is 13.8. The predicted octanol–water partition coefficient (Wildman–Crippen LogP) is 9.92. The monoisotopic (exact) mass is 800 g/mol. The van der Waals surface area contributed by atoms with Crippen LogP contribution >= 0.6 is 0 Å². The largest absolute Gasteiger partial charge is 0.444 e. The smallest absolute Gasteiger partial charge is 0.410 e. The van der Waals surface area contributed by atoms with Crippen molar-refractivity contribution in [3.05, 3.63) is 77.0 Å². The normalized spacial score (nSPS) is 16.9. The molecule has 2 fully saturated rings. The quantitative estimate of drug-likeness (QED) is 0.0871. The molecule has 4 aromatic rings. The van der Waals surface area contributed by atoms with Crippen LogP contribution in [0.2, 0.25) is 51.4 Å². The summed E-state index contributed by atoms with van der Waals surface area (Å²) in [7, 11) is -2.48. The van der Waals surface area contributed by atoms with Gasteiger partial charge in [0.25, 0.3) is 5.56 Å². The van der Waals surface area contributed by atoms with E-state index in [-0.39, 0.29) is 24.4 Å². The first-order valence-corrected chi connectivity index (χ1v) is 28.0. The summed E-state index contributed by atoms with van der Waals surface area (Å²) in [5.41, 5.74) is 3.12. The van der Waals surface area contributed by atoms with Gasteiger partial charge in [-0.05, 0) is 81.3 Å². The Labute approximate surface area is 335 Å². The lowest BCUT2D eigenvalue weighted by molar-refractivity contribution is 0.0204. The van der Waals surface area contributed by atoms with E-state index in [2.05, 4.69) is 68.1 Å². The third kappa shape index (κ3) is 10.8. The first-order valence-electron chi connectivity index (χ1n) is 20.6. The summed E-state index contributed by atoms with van der Waals surface area (Å²) in [4.78, 5) is 38.7. The molecular weight excluding hydrogens is 737 g/mol. The number of pyridine rings is 1. The molecule has 6 rings (SSSR count). The van der Waals surface area contributed by atoms with Gasteiger partial charge in [-0.25, -0.2) is 14.8 Å². The summed E-state index contributed by atoms with van der Waals surface area (Å²) in [6.07, 6.45) is 11.7. The number of carbonyl (C=O) groups is 1. The molecule has 304 valence electrons. The lowest BCUT2D eigenvalue weighted by Gasteiger charge is -2.28. The zero-order chi connectivity index (χ0) is 40.3. The fourth-order valence-electron chi connectivity index (χ4n) is 7.50. The molecule has 4 heterocycles. The highest BCUT2D eigenvalue weighted by Gasteiger charge is 2.36. The Bertz CT molecular complexity index is 1990. The first-order chi connectivity index (χ1) is 26.5. The number of hydrogen-bond acceptors (Lipinski definition) is 7. The number of carbonyl (C=O) groups excluding carboxylic acids is 1. The zero-order valence-electron chi connectivity index (χ0n) is 35.3. The molecule has 1 aromatic carbocycles. The second-order valence-corrected chi connectivity index (χ2v) is 30.3. The van der Waals surface area contributed by atoms with Crippen LogP contribution in [0.1, 0.15) is 82.9 Å². The topological polar surface area (TPSA) is 106 Å². The highest BCUT2D eigenvalue weighted by atomic mass is 28.3. The average molecular weight is 801 g/mol. The number of amides is 1. The summed E-state index contributed by atoms with van der Waals surface area (Å²) in [5.74, 6) is 2.80. The molecule has 1 atom stereocenters. The first kappa shape index (κ1) is 41.8. The number of aromatic nitrogens is 5. The van der Waals surface area contributed by atoms with Crippen molar-refractivity contribution >= 4 is 22.2 Å².